The molecule has 0 spiro atoms. The smallest absolute Gasteiger partial charge is 0.166 e. The summed E-state index contributed by atoms with van der Waals surface area (Å²) < 4.78 is 45.7. The second-order valence-corrected chi connectivity index (χ2v) is 15.7. The van der Waals surface area contributed by atoms with Crippen molar-refractivity contribution in [2.75, 3.05) is 0 Å². The molecule has 2 aliphatic carbocycles. The van der Waals surface area contributed by atoms with Crippen molar-refractivity contribution in [1.82, 2.24) is 0 Å². The highest BCUT2D eigenvalue weighted by molar-refractivity contribution is 5.71. The van der Waals surface area contributed by atoms with Crippen LogP contribution in [0.25, 0.3) is 22.3 Å². The molecule has 3 heteroatoms. The van der Waals surface area contributed by atoms with Crippen LogP contribution in [0, 0.1) is 35.2 Å². The SMILES string of the molecule is CCCCCCCCCc1ccc(-c2ccc(-c3ccc(C4CCC(C5CCC(CCCCCCC)CC5)CC4)c(F)c3)cc2)c(F)c1F. The van der Waals surface area contributed by atoms with E-state index in [2.05, 4.69) is 13.8 Å². The minimum atomic E-state index is -0.779. The third kappa shape index (κ3) is 10.7. The van der Waals surface area contributed by atoms with Gasteiger partial charge in [-0.25, -0.2) is 13.2 Å². The monoisotopic (exact) mass is 672 g/mol. The first-order chi connectivity index (χ1) is 24.0. The molecule has 0 amide bonds. The van der Waals surface area contributed by atoms with Crippen LogP contribution in [0.4, 0.5) is 13.2 Å². The molecule has 2 fully saturated rings. The van der Waals surface area contributed by atoms with Crippen molar-refractivity contribution in [3.8, 4) is 22.3 Å². The molecule has 0 nitrogen and oxygen atoms in total. The van der Waals surface area contributed by atoms with Gasteiger partial charge >= 0.3 is 0 Å². The maximum absolute atomic E-state index is 15.6. The van der Waals surface area contributed by atoms with Crippen LogP contribution in [0.5, 0.6) is 0 Å². The van der Waals surface area contributed by atoms with Gasteiger partial charge in [-0.15, -0.1) is 0 Å². The normalized spacial score (nSPS) is 21.2. The largest absolute Gasteiger partial charge is 0.207 e. The van der Waals surface area contributed by atoms with Gasteiger partial charge in [0.25, 0.3) is 0 Å². The number of hydrogen-bond acceptors (Lipinski definition) is 0. The van der Waals surface area contributed by atoms with Crippen LogP contribution in [0.2, 0.25) is 0 Å². The Morgan fingerprint density at radius 2 is 1.06 bits per heavy atom. The molecule has 0 radical (unpaired) electrons. The highest BCUT2D eigenvalue weighted by Gasteiger charge is 2.32. The van der Waals surface area contributed by atoms with Gasteiger partial charge in [-0.1, -0.05) is 152 Å². The molecule has 0 heterocycles. The average Bonchev–Trinajstić information content (AvgIpc) is 3.13. The number of benzene rings is 3. The van der Waals surface area contributed by atoms with Crippen molar-refractivity contribution < 1.29 is 13.2 Å². The maximum atomic E-state index is 15.6. The van der Waals surface area contributed by atoms with Crippen molar-refractivity contribution >= 4 is 0 Å². The number of unbranched alkanes of at least 4 members (excludes halogenated alkanes) is 10. The van der Waals surface area contributed by atoms with Gasteiger partial charge in [0.2, 0.25) is 0 Å². The van der Waals surface area contributed by atoms with Gasteiger partial charge in [0.05, 0.1) is 0 Å². The summed E-state index contributed by atoms with van der Waals surface area (Å²) in [7, 11) is 0. The van der Waals surface area contributed by atoms with Crippen molar-refractivity contribution in [1.29, 1.82) is 0 Å². The lowest BCUT2D eigenvalue weighted by molar-refractivity contribution is 0.155. The van der Waals surface area contributed by atoms with E-state index in [0.29, 0.717) is 23.5 Å². The molecule has 3 aromatic carbocycles. The fourth-order valence-corrected chi connectivity index (χ4v) is 9.04. The van der Waals surface area contributed by atoms with E-state index in [1.807, 2.05) is 36.4 Å². The van der Waals surface area contributed by atoms with Crippen LogP contribution < -0.4 is 0 Å². The third-order valence-electron chi connectivity index (χ3n) is 12.2. The Balaban J connectivity index is 1.09. The Morgan fingerprint density at radius 1 is 0.510 bits per heavy atom. The zero-order valence-corrected chi connectivity index (χ0v) is 30.7. The van der Waals surface area contributed by atoms with E-state index < -0.39 is 11.6 Å². The van der Waals surface area contributed by atoms with Crippen molar-refractivity contribution in [2.24, 2.45) is 17.8 Å². The predicted molar refractivity (Wildman–Crippen MR) is 202 cm³/mol. The lowest BCUT2D eigenvalue weighted by Crippen LogP contribution is -2.25. The third-order valence-corrected chi connectivity index (χ3v) is 12.2. The maximum Gasteiger partial charge on any atom is 0.166 e. The van der Waals surface area contributed by atoms with E-state index >= 15 is 8.78 Å². The Bertz CT molecular complexity index is 1390. The molecular formula is C46H63F3. The first-order valence-corrected chi connectivity index (χ1v) is 20.4. The molecule has 2 saturated carbocycles. The number of halogens is 3. The van der Waals surface area contributed by atoms with Crippen LogP contribution in [-0.2, 0) is 6.42 Å². The van der Waals surface area contributed by atoms with Crippen molar-refractivity contribution in [3.05, 3.63) is 83.2 Å². The summed E-state index contributed by atoms with van der Waals surface area (Å²) in [6, 6.07) is 16.5. The van der Waals surface area contributed by atoms with Crippen LogP contribution >= 0.6 is 0 Å². The van der Waals surface area contributed by atoms with Gasteiger partial charge < -0.3 is 0 Å². The van der Waals surface area contributed by atoms with Crippen LogP contribution in [0.15, 0.2) is 54.6 Å². The summed E-state index contributed by atoms with van der Waals surface area (Å²) in [4.78, 5) is 0. The quantitative estimate of drug-likeness (QED) is 0.118. The molecule has 0 saturated heterocycles. The van der Waals surface area contributed by atoms with Crippen LogP contribution in [0.3, 0.4) is 0 Å². The molecule has 0 bridgehead atoms. The van der Waals surface area contributed by atoms with Gasteiger partial charge in [-0.05, 0) is 109 Å². The summed E-state index contributed by atoms with van der Waals surface area (Å²) in [5, 5.41) is 0. The van der Waals surface area contributed by atoms with Gasteiger partial charge in [0.15, 0.2) is 11.6 Å². The molecule has 0 atom stereocenters. The zero-order valence-electron chi connectivity index (χ0n) is 30.7. The second kappa shape index (κ2) is 19.7. The van der Waals surface area contributed by atoms with Crippen molar-refractivity contribution in [2.45, 2.75) is 161 Å². The molecule has 3 aromatic rings. The molecular weight excluding hydrogens is 610 g/mol. The first-order valence-electron chi connectivity index (χ1n) is 20.4. The zero-order chi connectivity index (χ0) is 34.4. The van der Waals surface area contributed by atoms with Gasteiger partial charge in [0.1, 0.15) is 5.82 Å². The van der Waals surface area contributed by atoms with Gasteiger partial charge in [0, 0.05) is 5.56 Å². The summed E-state index contributed by atoms with van der Waals surface area (Å²) >= 11 is 0. The van der Waals surface area contributed by atoms with E-state index in [4.69, 9.17) is 0 Å². The highest BCUT2D eigenvalue weighted by atomic mass is 19.2. The van der Waals surface area contributed by atoms with Crippen molar-refractivity contribution in [3.63, 3.8) is 0 Å². The Kier molecular flexibility index (Phi) is 15.2. The highest BCUT2D eigenvalue weighted by Crippen LogP contribution is 2.45. The van der Waals surface area contributed by atoms with E-state index in [9.17, 15) is 4.39 Å². The average molecular weight is 673 g/mol. The molecule has 0 aliphatic heterocycles. The van der Waals surface area contributed by atoms with Crippen LogP contribution in [-0.4, -0.2) is 0 Å². The lowest BCUT2D eigenvalue weighted by Gasteiger charge is -2.38. The molecule has 2 aliphatic rings. The summed E-state index contributed by atoms with van der Waals surface area (Å²) in [5.74, 6) is 1.34. The number of aryl methyl sites for hydroxylation is 1. The molecule has 0 aromatic heterocycles. The van der Waals surface area contributed by atoms with E-state index in [1.165, 1.54) is 103 Å². The Labute approximate surface area is 296 Å². The molecule has 0 unspecified atom stereocenters. The van der Waals surface area contributed by atoms with E-state index in [1.54, 1.807) is 18.2 Å². The Morgan fingerprint density at radius 3 is 1.69 bits per heavy atom. The Hall–Kier alpha value is -2.55. The van der Waals surface area contributed by atoms with Gasteiger partial charge in [-0.3, -0.25) is 0 Å². The first kappa shape index (κ1) is 37.7. The molecule has 49 heavy (non-hydrogen) atoms. The fraction of sp³-hybridized carbons (Fsp3) is 0.609. The van der Waals surface area contributed by atoms with E-state index in [0.717, 1.165) is 66.5 Å². The molecule has 5 rings (SSSR count). The summed E-state index contributed by atoms with van der Waals surface area (Å²) in [6.07, 6.45) is 27.3. The summed E-state index contributed by atoms with van der Waals surface area (Å²) in [6.45, 7) is 4.50. The van der Waals surface area contributed by atoms with E-state index in [-0.39, 0.29) is 11.4 Å². The number of rotatable bonds is 18. The van der Waals surface area contributed by atoms with Crippen LogP contribution in [0.1, 0.15) is 166 Å². The topological polar surface area (TPSA) is 0 Å². The fourth-order valence-electron chi connectivity index (χ4n) is 9.04. The summed E-state index contributed by atoms with van der Waals surface area (Å²) in [5.41, 5.74) is 3.93. The van der Waals surface area contributed by atoms with Gasteiger partial charge in [-0.2, -0.15) is 0 Å². The predicted octanol–water partition coefficient (Wildman–Crippen LogP) is 15.2. The second-order valence-electron chi connectivity index (χ2n) is 15.7. The lowest BCUT2D eigenvalue weighted by atomic mass is 9.68. The minimum absolute atomic E-state index is 0.117. The standard InChI is InChI=1S/C46H63F3/c1-3-5-7-9-10-12-14-16-40-29-32-43(46(49)45(40)48)39-27-23-37(24-28-39)41-30-31-42(44(47)33-41)38-25-21-36(22-26-38)35-19-17-34(18-20-35)15-13-11-8-6-4-2/h23-24,27-36,38H,3-22,25-26H2,1-2H3. The molecule has 268 valence electrons. The minimum Gasteiger partial charge on any atom is -0.207 e. The molecule has 0 N–H and O–H groups in total. The number of hydrogen-bond donors (Lipinski definition) is 0.